The van der Waals surface area contributed by atoms with Crippen molar-refractivity contribution in [2.75, 3.05) is 26.3 Å². The number of hydrogen-bond acceptors (Lipinski definition) is 6. The van der Waals surface area contributed by atoms with E-state index >= 15 is 0 Å². The fourth-order valence-corrected chi connectivity index (χ4v) is 5.04. The minimum atomic E-state index is -1.15. The lowest BCUT2D eigenvalue weighted by atomic mass is 9.66. The summed E-state index contributed by atoms with van der Waals surface area (Å²) in [5.74, 6) is -1.20. The lowest BCUT2D eigenvalue weighted by Crippen LogP contribution is -2.59. The van der Waals surface area contributed by atoms with Crippen molar-refractivity contribution in [3.8, 4) is 5.75 Å². The minimum absolute atomic E-state index is 0.00887. The van der Waals surface area contributed by atoms with E-state index in [9.17, 15) is 18.8 Å². The molecule has 2 saturated heterocycles. The van der Waals surface area contributed by atoms with Gasteiger partial charge in [-0.15, -0.1) is 0 Å². The summed E-state index contributed by atoms with van der Waals surface area (Å²) >= 11 is 0. The summed E-state index contributed by atoms with van der Waals surface area (Å²) in [6.07, 6.45) is 0.739. The number of ether oxygens (including phenoxy) is 3. The van der Waals surface area contributed by atoms with Crippen molar-refractivity contribution in [1.29, 1.82) is 0 Å². The zero-order valence-electron chi connectivity index (χ0n) is 18.3. The molecule has 4 rings (SSSR count). The molecule has 1 aromatic carbocycles. The molecule has 3 atom stereocenters. The molecule has 2 aliphatic heterocycles. The van der Waals surface area contributed by atoms with Crippen LogP contribution >= 0.6 is 0 Å². The smallest absolute Gasteiger partial charge is 0.313 e. The number of amides is 1. The Balaban J connectivity index is 1.42. The molecule has 3 fully saturated rings. The van der Waals surface area contributed by atoms with Gasteiger partial charge in [-0.05, 0) is 38.8 Å². The largest absolute Gasteiger partial charge is 0.491 e. The Kier molecular flexibility index (Phi) is 5.11. The van der Waals surface area contributed by atoms with Gasteiger partial charge in [0.25, 0.3) is 5.91 Å². The third kappa shape index (κ3) is 3.14. The molecule has 1 aromatic rings. The molecule has 1 aliphatic carbocycles. The van der Waals surface area contributed by atoms with Gasteiger partial charge in [-0.2, -0.15) is 0 Å². The van der Waals surface area contributed by atoms with E-state index in [1.165, 1.54) is 25.1 Å². The molecule has 1 amide bonds. The molecular weight excluding hydrogens is 405 g/mol. The van der Waals surface area contributed by atoms with Crippen molar-refractivity contribution in [3.63, 3.8) is 0 Å². The Morgan fingerprint density at radius 3 is 2.58 bits per heavy atom. The SMILES string of the molecule is CC(=O)c1ccc(OCC2CN(C(=O)[C@@]34CC[C@@](C)(C(=O)O3)C4(C)C)CCO2)cc1F. The van der Waals surface area contributed by atoms with E-state index in [1.54, 1.807) is 4.90 Å². The van der Waals surface area contributed by atoms with E-state index in [0.717, 1.165) is 0 Å². The van der Waals surface area contributed by atoms with Gasteiger partial charge in [-0.1, -0.05) is 13.8 Å². The van der Waals surface area contributed by atoms with Gasteiger partial charge in [0.1, 0.15) is 24.3 Å². The fraction of sp³-hybridized carbons (Fsp3) is 0.609. The molecule has 7 nitrogen and oxygen atoms in total. The van der Waals surface area contributed by atoms with Gasteiger partial charge < -0.3 is 19.1 Å². The number of halogens is 1. The summed E-state index contributed by atoms with van der Waals surface area (Å²) in [5.41, 5.74) is -2.40. The van der Waals surface area contributed by atoms with Crippen LogP contribution in [-0.2, 0) is 19.1 Å². The Labute approximate surface area is 180 Å². The molecule has 8 heteroatoms. The van der Waals surface area contributed by atoms with Gasteiger partial charge >= 0.3 is 5.97 Å². The van der Waals surface area contributed by atoms with Crippen LogP contribution in [0.2, 0.25) is 0 Å². The van der Waals surface area contributed by atoms with Crippen molar-refractivity contribution < 1.29 is 33.0 Å². The topological polar surface area (TPSA) is 82.1 Å². The van der Waals surface area contributed by atoms with Crippen LogP contribution in [0.1, 0.15) is 50.9 Å². The van der Waals surface area contributed by atoms with Crippen LogP contribution in [0.15, 0.2) is 18.2 Å². The summed E-state index contributed by atoms with van der Waals surface area (Å²) < 4.78 is 31.1. The lowest BCUT2D eigenvalue weighted by Gasteiger charge is -2.41. The number of ketones is 1. The van der Waals surface area contributed by atoms with Crippen LogP contribution in [0.5, 0.6) is 5.75 Å². The first-order valence-corrected chi connectivity index (χ1v) is 10.6. The predicted octanol–water partition coefficient (Wildman–Crippen LogP) is 2.76. The van der Waals surface area contributed by atoms with E-state index < -0.39 is 28.4 Å². The first kappa shape index (κ1) is 21.7. The van der Waals surface area contributed by atoms with E-state index in [1.807, 2.05) is 20.8 Å². The van der Waals surface area contributed by atoms with E-state index in [0.29, 0.717) is 32.5 Å². The number of carbonyl (C=O) groups is 3. The Hall–Kier alpha value is -2.48. The zero-order valence-corrected chi connectivity index (χ0v) is 18.3. The van der Waals surface area contributed by atoms with Crippen LogP contribution in [0, 0.1) is 16.6 Å². The van der Waals surface area contributed by atoms with Crippen LogP contribution < -0.4 is 4.74 Å². The highest BCUT2D eigenvalue weighted by atomic mass is 19.1. The molecule has 1 unspecified atom stereocenters. The number of rotatable bonds is 5. The molecule has 2 heterocycles. The zero-order chi connectivity index (χ0) is 22.6. The highest BCUT2D eigenvalue weighted by molar-refractivity contribution is 5.96. The number of hydrogen-bond donors (Lipinski definition) is 0. The van der Waals surface area contributed by atoms with E-state index in [4.69, 9.17) is 14.2 Å². The second-order valence-electron chi connectivity index (χ2n) is 9.43. The number of carbonyl (C=O) groups excluding carboxylic acids is 3. The summed E-state index contributed by atoms with van der Waals surface area (Å²) in [6, 6.07) is 4.09. The van der Waals surface area contributed by atoms with Crippen molar-refractivity contribution in [1.82, 2.24) is 4.90 Å². The van der Waals surface area contributed by atoms with Crippen molar-refractivity contribution in [3.05, 3.63) is 29.6 Å². The number of nitrogens with zero attached hydrogens (tertiary/aromatic N) is 1. The number of esters is 1. The van der Waals surface area contributed by atoms with Gasteiger partial charge in [0.05, 0.1) is 24.1 Å². The maximum Gasteiger partial charge on any atom is 0.313 e. The Morgan fingerprint density at radius 1 is 1.26 bits per heavy atom. The molecule has 31 heavy (non-hydrogen) atoms. The highest BCUT2D eigenvalue weighted by Gasteiger charge is 2.76. The third-order valence-electron chi connectivity index (χ3n) is 7.61. The summed E-state index contributed by atoms with van der Waals surface area (Å²) in [5, 5.41) is 0. The standard InChI is InChI=1S/C23H28FNO6/c1-14(26)17-6-5-15(11-18(17)24)30-13-16-12-25(9-10-29-16)19(27)23-8-7-22(4,20(28)31-23)21(23,2)3/h5-6,11,16H,7-10,12-13H2,1-4H3/t16?,22-,23+/m0/s1. The van der Waals surface area contributed by atoms with Gasteiger partial charge in [0.2, 0.25) is 0 Å². The third-order valence-corrected chi connectivity index (χ3v) is 7.61. The van der Waals surface area contributed by atoms with E-state index in [2.05, 4.69) is 0 Å². The Bertz CT molecular complexity index is 946. The molecule has 3 aliphatic rings. The molecule has 0 aromatic heterocycles. The fourth-order valence-electron chi connectivity index (χ4n) is 5.04. The molecule has 1 saturated carbocycles. The number of morpholine rings is 1. The molecule has 0 N–H and O–H groups in total. The number of fused-ring (bicyclic) bond motifs is 2. The average Bonchev–Trinajstić information content (AvgIpc) is 3.02. The molecular formula is C23H28FNO6. The van der Waals surface area contributed by atoms with Gasteiger partial charge in [0.15, 0.2) is 11.4 Å². The summed E-state index contributed by atoms with van der Waals surface area (Å²) in [4.78, 5) is 39.1. The van der Waals surface area contributed by atoms with E-state index in [-0.39, 0.29) is 35.6 Å². The number of benzene rings is 1. The molecule has 168 valence electrons. The monoisotopic (exact) mass is 433 g/mol. The first-order valence-electron chi connectivity index (χ1n) is 10.6. The van der Waals surface area contributed by atoms with Crippen LogP contribution in [-0.4, -0.2) is 60.6 Å². The first-order chi connectivity index (χ1) is 14.5. The van der Waals surface area contributed by atoms with Gasteiger partial charge in [0, 0.05) is 18.0 Å². The second-order valence-corrected chi connectivity index (χ2v) is 9.43. The second kappa shape index (κ2) is 7.29. The highest BCUT2D eigenvalue weighted by Crippen LogP contribution is 2.66. The molecule has 0 spiro atoms. The molecule has 2 bridgehead atoms. The van der Waals surface area contributed by atoms with Crippen LogP contribution in [0.3, 0.4) is 0 Å². The van der Waals surface area contributed by atoms with Gasteiger partial charge in [-0.25, -0.2) is 4.39 Å². The van der Waals surface area contributed by atoms with Crippen molar-refractivity contribution in [2.24, 2.45) is 10.8 Å². The Morgan fingerprint density at radius 2 is 2.00 bits per heavy atom. The molecule has 0 radical (unpaired) electrons. The lowest BCUT2D eigenvalue weighted by molar-refractivity contribution is -0.178. The van der Waals surface area contributed by atoms with Gasteiger partial charge in [-0.3, -0.25) is 14.4 Å². The summed E-state index contributed by atoms with van der Waals surface area (Å²) in [7, 11) is 0. The normalized spacial score (nSPS) is 31.5. The van der Waals surface area contributed by atoms with Crippen LogP contribution in [0.25, 0.3) is 0 Å². The quantitative estimate of drug-likeness (QED) is 0.525. The number of Topliss-reactive ketones (excluding diaryl/α,β-unsaturated/α-hetero) is 1. The van der Waals surface area contributed by atoms with Crippen molar-refractivity contribution >= 4 is 17.7 Å². The maximum absolute atomic E-state index is 14.0. The minimum Gasteiger partial charge on any atom is -0.491 e. The maximum atomic E-state index is 14.0. The van der Waals surface area contributed by atoms with Crippen LogP contribution in [0.4, 0.5) is 4.39 Å². The summed E-state index contributed by atoms with van der Waals surface area (Å²) in [6.45, 7) is 8.20. The van der Waals surface area contributed by atoms with Crippen molar-refractivity contribution in [2.45, 2.75) is 52.2 Å². The average molecular weight is 433 g/mol. The predicted molar refractivity (Wildman–Crippen MR) is 108 cm³/mol.